The summed E-state index contributed by atoms with van der Waals surface area (Å²) in [6.07, 6.45) is 0. The molecule has 1 aromatic heterocycles. The Kier molecular flexibility index (Phi) is 6.25. The molecule has 0 unspecified atom stereocenters. The minimum Gasteiger partial charge on any atom is -0.351 e. The number of rotatable bonds is 5. The molecule has 1 fully saturated rings. The van der Waals surface area contributed by atoms with Gasteiger partial charge in [-0.15, -0.1) is 0 Å². The van der Waals surface area contributed by atoms with Crippen molar-refractivity contribution in [3.05, 3.63) is 57.6 Å². The van der Waals surface area contributed by atoms with Crippen LogP contribution in [0.1, 0.15) is 15.9 Å². The molecule has 5 nitrogen and oxygen atoms in total. The molecule has 8 heteroatoms. The van der Waals surface area contributed by atoms with Crippen LogP contribution in [0, 0.1) is 6.92 Å². The number of nitrogens with one attached hydrogen (secondary N) is 1. The second-order valence-electron chi connectivity index (χ2n) is 7.11. The maximum absolute atomic E-state index is 12.2. The first kappa shape index (κ1) is 20.4. The number of fused-ring (bicyclic) bond motifs is 1. The first-order chi connectivity index (χ1) is 14.0. The lowest BCUT2D eigenvalue weighted by molar-refractivity contribution is 0.0948. The fourth-order valence-corrected chi connectivity index (χ4v) is 4.77. The van der Waals surface area contributed by atoms with Gasteiger partial charge in [0.15, 0.2) is 5.13 Å². The van der Waals surface area contributed by atoms with Crippen LogP contribution in [0.3, 0.4) is 0 Å². The predicted molar refractivity (Wildman–Crippen MR) is 122 cm³/mol. The number of aromatic nitrogens is 1. The van der Waals surface area contributed by atoms with E-state index in [0.29, 0.717) is 17.1 Å². The van der Waals surface area contributed by atoms with Gasteiger partial charge < -0.3 is 10.2 Å². The molecule has 0 radical (unpaired) electrons. The Hall–Kier alpha value is -1.86. The van der Waals surface area contributed by atoms with Crippen LogP contribution in [0.15, 0.2) is 36.4 Å². The number of nitrogens with zero attached hydrogens (tertiary/aromatic N) is 3. The standard InChI is InChI=1S/C21H22Cl2N4OS/c1-14-17(23)6-7-18-19(14)25-21(29-18)27-12-10-26(11-13-27)9-8-24-20(28)15-2-4-16(22)5-3-15/h2-7H,8-13H2,1H3,(H,24,28). The summed E-state index contributed by atoms with van der Waals surface area (Å²) in [5.74, 6) is -0.0659. The summed E-state index contributed by atoms with van der Waals surface area (Å²) in [6.45, 7) is 7.24. The molecular formula is C21H22Cl2N4OS. The Balaban J connectivity index is 1.27. The molecule has 0 bridgehead atoms. The number of piperazine rings is 1. The van der Waals surface area contributed by atoms with Crippen LogP contribution in [0.25, 0.3) is 10.2 Å². The van der Waals surface area contributed by atoms with Gasteiger partial charge in [-0.3, -0.25) is 9.69 Å². The van der Waals surface area contributed by atoms with Gasteiger partial charge in [-0.25, -0.2) is 4.98 Å². The van der Waals surface area contributed by atoms with E-state index >= 15 is 0 Å². The Labute approximate surface area is 184 Å². The van der Waals surface area contributed by atoms with E-state index in [4.69, 9.17) is 28.2 Å². The second-order valence-corrected chi connectivity index (χ2v) is 8.96. The van der Waals surface area contributed by atoms with Crippen molar-refractivity contribution in [3.8, 4) is 0 Å². The summed E-state index contributed by atoms with van der Waals surface area (Å²) in [6, 6.07) is 10.9. The number of benzene rings is 2. The SMILES string of the molecule is Cc1c(Cl)ccc2sc(N3CCN(CCNC(=O)c4ccc(Cl)cc4)CC3)nc12. The molecule has 1 saturated heterocycles. The number of aryl methyl sites for hydroxylation is 1. The van der Waals surface area contributed by atoms with Crippen molar-refractivity contribution >= 4 is 55.8 Å². The molecule has 1 aliphatic rings. The summed E-state index contributed by atoms with van der Waals surface area (Å²) in [4.78, 5) is 21.7. The van der Waals surface area contributed by atoms with E-state index in [0.717, 1.165) is 54.0 Å². The van der Waals surface area contributed by atoms with Gasteiger partial charge in [0.05, 0.1) is 10.2 Å². The van der Waals surface area contributed by atoms with Gasteiger partial charge in [-0.05, 0) is 48.9 Å². The monoisotopic (exact) mass is 448 g/mol. The molecule has 29 heavy (non-hydrogen) atoms. The molecule has 1 amide bonds. The topological polar surface area (TPSA) is 48.5 Å². The average Bonchev–Trinajstić information content (AvgIpc) is 3.17. The zero-order valence-electron chi connectivity index (χ0n) is 16.1. The van der Waals surface area contributed by atoms with Gasteiger partial charge in [-0.2, -0.15) is 0 Å². The molecule has 3 aromatic rings. The van der Waals surface area contributed by atoms with Gasteiger partial charge in [-0.1, -0.05) is 34.5 Å². The van der Waals surface area contributed by atoms with Crippen LogP contribution in [0.4, 0.5) is 5.13 Å². The van der Waals surface area contributed by atoms with Crippen molar-refractivity contribution in [2.75, 3.05) is 44.2 Å². The number of carbonyl (C=O) groups excluding carboxylic acids is 1. The fraction of sp³-hybridized carbons (Fsp3) is 0.333. The molecule has 1 aliphatic heterocycles. The molecular weight excluding hydrogens is 427 g/mol. The molecule has 0 spiro atoms. The smallest absolute Gasteiger partial charge is 0.251 e. The minimum absolute atomic E-state index is 0.0659. The number of hydrogen-bond donors (Lipinski definition) is 1. The Bertz CT molecular complexity index is 1010. The number of hydrogen-bond acceptors (Lipinski definition) is 5. The molecule has 4 rings (SSSR count). The number of anilines is 1. The van der Waals surface area contributed by atoms with Crippen LogP contribution in [0.2, 0.25) is 10.0 Å². The third-order valence-electron chi connectivity index (χ3n) is 5.20. The summed E-state index contributed by atoms with van der Waals surface area (Å²) < 4.78 is 1.18. The van der Waals surface area contributed by atoms with Crippen molar-refractivity contribution in [1.29, 1.82) is 0 Å². The van der Waals surface area contributed by atoms with Gasteiger partial charge >= 0.3 is 0 Å². The zero-order valence-corrected chi connectivity index (χ0v) is 18.4. The van der Waals surface area contributed by atoms with E-state index in [2.05, 4.69) is 15.1 Å². The van der Waals surface area contributed by atoms with Crippen LogP contribution in [-0.2, 0) is 0 Å². The van der Waals surface area contributed by atoms with Crippen molar-refractivity contribution < 1.29 is 4.79 Å². The van der Waals surface area contributed by atoms with Crippen LogP contribution < -0.4 is 10.2 Å². The molecule has 0 aliphatic carbocycles. The van der Waals surface area contributed by atoms with E-state index < -0.39 is 0 Å². The van der Waals surface area contributed by atoms with E-state index in [1.54, 1.807) is 35.6 Å². The van der Waals surface area contributed by atoms with Crippen molar-refractivity contribution in [1.82, 2.24) is 15.2 Å². The predicted octanol–water partition coefficient (Wildman–Crippen LogP) is 4.46. The highest BCUT2D eigenvalue weighted by molar-refractivity contribution is 7.22. The highest BCUT2D eigenvalue weighted by Crippen LogP contribution is 2.33. The molecule has 0 atom stereocenters. The lowest BCUT2D eigenvalue weighted by Crippen LogP contribution is -2.48. The largest absolute Gasteiger partial charge is 0.351 e. The summed E-state index contributed by atoms with van der Waals surface area (Å²) in [5, 5.41) is 5.43. The normalized spacial score (nSPS) is 15.1. The van der Waals surface area contributed by atoms with E-state index in [1.807, 2.05) is 19.1 Å². The van der Waals surface area contributed by atoms with Crippen molar-refractivity contribution in [3.63, 3.8) is 0 Å². The van der Waals surface area contributed by atoms with Gasteiger partial charge in [0.25, 0.3) is 5.91 Å². The third-order valence-corrected chi connectivity index (χ3v) is 6.94. The van der Waals surface area contributed by atoms with Crippen LogP contribution in [0.5, 0.6) is 0 Å². The third kappa shape index (κ3) is 4.67. The Morgan fingerprint density at radius 1 is 1.10 bits per heavy atom. The fourth-order valence-electron chi connectivity index (χ4n) is 3.42. The summed E-state index contributed by atoms with van der Waals surface area (Å²) >= 11 is 13.8. The van der Waals surface area contributed by atoms with Gasteiger partial charge in [0, 0.05) is 54.9 Å². The number of thiazole rings is 1. The molecule has 0 saturated carbocycles. The Morgan fingerprint density at radius 3 is 2.55 bits per heavy atom. The van der Waals surface area contributed by atoms with Crippen molar-refractivity contribution in [2.45, 2.75) is 6.92 Å². The summed E-state index contributed by atoms with van der Waals surface area (Å²) in [5.41, 5.74) is 2.68. The summed E-state index contributed by atoms with van der Waals surface area (Å²) in [7, 11) is 0. The van der Waals surface area contributed by atoms with E-state index in [1.165, 1.54) is 4.70 Å². The van der Waals surface area contributed by atoms with Crippen molar-refractivity contribution in [2.24, 2.45) is 0 Å². The van der Waals surface area contributed by atoms with Gasteiger partial charge in [0.2, 0.25) is 0 Å². The minimum atomic E-state index is -0.0659. The lowest BCUT2D eigenvalue weighted by Gasteiger charge is -2.34. The second kappa shape index (κ2) is 8.88. The number of amides is 1. The van der Waals surface area contributed by atoms with Crippen LogP contribution >= 0.6 is 34.5 Å². The Morgan fingerprint density at radius 2 is 1.83 bits per heavy atom. The lowest BCUT2D eigenvalue weighted by atomic mass is 10.2. The van der Waals surface area contributed by atoms with E-state index in [9.17, 15) is 4.79 Å². The maximum Gasteiger partial charge on any atom is 0.251 e. The zero-order chi connectivity index (χ0) is 20.4. The van der Waals surface area contributed by atoms with E-state index in [-0.39, 0.29) is 5.91 Å². The average molecular weight is 449 g/mol. The number of carbonyl (C=O) groups is 1. The number of halogens is 2. The van der Waals surface area contributed by atoms with Gasteiger partial charge in [0.1, 0.15) is 0 Å². The molecule has 152 valence electrons. The molecule has 2 heterocycles. The first-order valence-corrected chi connectivity index (χ1v) is 11.2. The molecule has 2 aromatic carbocycles. The molecule has 1 N–H and O–H groups in total. The first-order valence-electron chi connectivity index (χ1n) is 9.58. The van der Waals surface area contributed by atoms with Crippen LogP contribution in [-0.4, -0.2) is 55.1 Å². The quantitative estimate of drug-likeness (QED) is 0.625. The highest BCUT2D eigenvalue weighted by atomic mass is 35.5. The highest BCUT2D eigenvalue weighted by Gasteiger charge is 2.20. The maximum atomic E-state index is 12.2.